The summed E-state index contributed by atoms with van der Waals surface area (Å²) in [5.41, 5.74) is 5.50. The molecule has 1 aliphatic rings. The monoisotopic (exact) mass is 319 g/mol. The van der Waals surface area contributed by atoms with Crippen LogP contribution in [0.2, 0.25) is 5.02 Å². The van der Waals surface area contributed by atoms with E-state index >= 15 is 0 Å². The predicted octanol–water partition coefficient (Wildman–Crippen LogP) is 1.36. The van der Waals surface area contributed by atoms with Crippen molar-refractivity contribution in [2.45, 2.75) is 24.3 Å². The van der Waals surface area contributed by atoms with Crippen LogP contribution < -0.4 is 5.73 Å². The molecule has 2 atom stereocenters. The molecule has 1 aliphatic heterocycles. The minimum atomic E-state index is -3.62. The summed E-state index contributed by atoms with van der Waals surface area (Å²) in [4.78, 5) is 3.86. The van der Waals surface area contributed by atoms with E-state index in [1.165, 1.54) is 16.6 Å². The lowest BCUT2D eigenvalue weighted by Gasteiger charge is -2.35. The van der Waals surface area contributed by atoms with E-state index in [2.05, 4.69) is 11.9 Å². The van der Waals surface area contributed by atoms with E-state index in [1.807, 2.05) is 0 Å². The maximum absolute atomic E-state index is 12.5. The smallest absolute Gasteiger partial charge is 0.244 e. The fraction of sp³-hybridized carbons (Fsp3) is 0.583. The molecule has 2 unspecified atom stereocenters. The number of methoxy groups -OCH3 is 1. The number of aromatic nitrogens is 1. The van der Waals surface area contributed by atoms with Crippen molar-refractivity contribution < 1.29 is 13.2 Å². The zero-order valence-corrected chi connectivity index (χ0v) is 13.0. The normalized spacial score (nSPS) is 24.8. The molecule has 0 spiro atoms. The van der Waals surface area contributed by atoms with Crippen molar-refractivity contribution in [1.29, 1.82) is 0 Å². The molecule has 6 nitrogen and oxygen atoms in total. The number of anilines is 1. The number of sulfonamides is 1. The van der Waals surface area contributed by atoms with Crippen LogP contribution in [0.25, 0.3) is 0 Å². The zero-order valence-electron chi connectivity index (χ0n) is 11.4. The molecule has 2 N–H and O–H groups in total. The third kappa shape index (κ3) is 2.90. The molecule has 0 saturated carbocycles. The molecule has 1 aromatic heterocycles. The van der Waals surface area contributed by atoms with Crippen LogP contribution in [0.4, 0.5) is 5.82 Å². The van der Waals surface area contributed by atoms with Crippen molar-refractivity contribution >= 4 is 27.4 Å². The molecule has 1 fully saturated rings. The Balaban J connectivity index is 2.28. The molecule has 112 valence electrons. The van der Waals surface area contributed by atoms with E-state index in [0.29, 0.717) is 19.0 Å². The van der Waals surface area contributed by atoms with E-state index < -0.39 is 10.0 Å². The topological polar surface area (TPSA) is 85.5 Å². The lowest BCUT2D eigenvalue weighted by molar-refractivity contribution is 0.0184. The number of nitrogens with zero attached hydrogens (tertiary/aromatic N) is 2. The average molecular weight is 320 g/mol. The zero-order chi connectivity index (χ0) is 14.9. The van der Waals surface area contributed by atoms with Crippen LogP contribution in [0, 0.1) is 5.92 Å². The molecule has 0 amide bonds. The highest BCUT2D eigenvalue weighted by atomic mass is 35.5. The summed E-state index contributed by atoms with van der Waals surface area (Å²) in [6, 6.07) is 1.33. The minimum absolute atomic E-state index is 0.0566. The van der Waals surface area contributed by atoms with Gasteiger partial charge in [0.2, 0.25) is 10.0 Å². The quantitative estimate of drug-likeness (QED) is 0.909. The summed E-state index contributed by atoms with van der Waals surface area (Å²) in [7, 11) is -2.02. The molecular formula is C12H18ClN3O3S. The Bertz CT molecular complexity index is 594. The minimum Gasteiger partial charge on any atom is -0.382 e. The van der Waals surface area contributed by atoms with Gasteiger partial charge in [-0.05, 0) is 18.4 Å². The number of piperidine rings is 1. The Morgan fingerprint density at radius 1 is 1.55 bits per heavy atom. The maximum atomic E-state index is 12.5. The second-order valence-corrected chi connectivity index (χ2v) is 7.29. The summed E-state index contributed by atoms with van der Waals surface area (Å²) in [5, 5.41) is 0.139. The second kappa shape index (κ2) is 5.85. The third-order valence-corrected chi connectivity index (χ3v) is 5.77. The largest absolute Gasteiger partial charge is 0.382 e. The highest BCUT2D eigenvalue weighted by Crippen LogP contribution is 2.27. The van der Waals surface area contributed by atoms with Gasteiger partial charge in [-0.25, -0.2) is 13.4 Å². The standard InChI is InChI=1S/C12H18ClN3O3S/c1-8-3-4-16(7-11(8)19-2)20(17,18)9-5-10(13)12(14)15-6-9/h5-6,8,11H,3-4,7H2,1-2H3,(H2,14,15). The summed E-state index contributed by atoms with van der Waals surface area (Å²) < 4.78 is 31.8. The molecule has 1 aromatic rings. The van der Waals surface area contributed by atoms with Crippen molar-refractivity contribution in [2.75, 3.05) is 25.9 Å². The lowest BCUT2D eigenvalue weighted by atomic mass is 9.97. The summed E-state index contributed by atoms with van der Waals surface area (Å²) >= 11 is 5.84. The van der Waals surface area contributed by atoms with Gasteiger partial charge in [0.25, 0.3) is 0 Å². The van der Waals surface area contributed by atoms with Crippen molar-refractivity contribution in [3.63, 3.8) is 0 Å². The van der Waals surface area contributed by atoms with Gasteiger partial charge in [0.15, 0.2) is 0 Å². The fourth-order valence-corrected chi connectivity index (χ4v) is 3.92. The van der Waals surface area contributed by atoms with E-state index in [9.17, 15) is 8.42 Å². The van der Waals surface area contributed by atoms with Gasteiger partial charge in [-0.1, -0.05) is 18.5 Å². The van der Waals surface area contributed by atoms with Crippen molar-refractivity contribution in [2.24, 2.45) is 5.92 Å². The van der Waals surface area contributed by atoms with Crippen LogP contribution in [-0.2, 0) is 14.8 Å². The highest BCUT2D eigenvalue weighted by molar-refractivity contribution is 7.89. The molecule has 2 rings (SSSR count). The predicted molar refractivity (Wildman–Crippen MR) is 77.0 cm³/mol. The SMILES string of the molecule is COC1CN(S(=O)(=O)c2cnc(N)c(Cl)c2)CCC1C. The van der Waals surface area contributed by atoms with E-state index in [4.69, 9.17) is 22.1 Å². The summed E-state index contributed by atoms with van der Waals surface area (Å²) in [5.74, 6) is 0.451. The fourth-order valence-electron chi connectivity index (χ4n) is 2.25. The van der Waals surface area contributed by atoms with Gasteiger partial charge in [-0.3, -0.25) is 0 Å². The Labute approximate surface area is 123 Å². The van der Waals surface area contributed by atoms with Gasteiger partial charge in [-0.15, -0.1) is 0 Å². The number of halogens is 1. The van der Waals surface area contributed by atoms with Gasteiger partial charge in [0.1, 0.15) is 10.7 Å². The van der Waals surface area contributed by atoms with Crippen molar-refractivity contribution in [3.05, 3.63) is 17.3 Å². The maximum Gasteiger partial charge on any atom is 0.244 e. The molecule has 0 aliphatic carbocycles. The molecule has 0 bridgehead atoms. The Kier molecular flexibility index (Phi) is 4.53. The number of ether oxygens (including phenoxy) is 1. The summed E-state index contributed by atoms with van der Waals surface area (Å²) in [6.07, 6.45) is 1.89. The molecular weight excluding hydrogens is 302 g/mol. The van der Waals surface area contributed by atoms with Crippen LogP contribution in [0.1, 0.15) is 13.3 Å². The second-order valence-electron chi connectivity index (χ2n) is 4.94. The Hall–Kier alpha value is -0.890. The van der Waals surface area contributed by atoms with Gasteiger partial charge in [0.05, 0.1) is 11.1 Å². The van der Waals surface area contributed by atoms with Crippen LogP contribution in [0.5, 0.6) is 0 Å². The highest BCUT2D eigenvalue weighted by Gasteiger charge is 2.34. The number of rotatable bonds is 3. The first-order chi connectivity index (χ1) is 9.36. The first kappa shape index (κ1) is 15.5. The van der Waals surface area contributed by atoms with E-state index in [0.717, 1.165) is 6.42 Å². The molecule has 0 aromatic carbocycles. The molecule has 0 radical (unpaired) electrons. The number of nitrogen functional groups attached to an aromatic ring is 1. The van der Waals surface area contributed by atoms with Crippen LogP contribution in [0.3, 0.4) is 0 Å². The van der Waals surface area contributed by atoms with Gasteiger partial charge < -0.3 is 10.5 Å². The molecule has 20 heavy (non-hydrogen) atoms. The van der Waals surface area contributed by atoms with Crippen LogP contribution in [-0.4, -0.2) is 44.0 Å². The lowest BCUT2D eigenvalue weighted by Crippen LogP contribution is -2.46. The van der Waals surface area contributed by atoms with Gasteiger partial charge in [0, 0.05) is 26.4 Å². The van der Waals surface area contributed by atoms with Crippen LogP contribution in [0.15, 0.2) is 17.2 Å². The molecule has 8 heteroatoms. The Morgan fingerprint density at radius 2 is 2.25 bits per heavy atom. The van der Waals surface area contributed by atoms with Crippen molar-refractivity contribution in [3.8, 4) is 0 Å². The van der Waals surface area contributed by atoms with E-state index in [-0.39, 0.29) is 21.8 Å². The summed E-state index contributed by atoms with van der Waals surface area (Å²) in [6.45, 7) is 2.85. The van der Waals surface area contributed by atoms with Gasteiger partial charge >= 0.3 is 0 Å². The number of pyridine rings is 1. The van der Waals surface area contributed by atoms with Gasteiger partial charge in [-0.2, -0.15) is 4.31 Å². The Morgan fingerprint density at radius 3 is 2.85 bits per heavy atom. The number of hydrogen-bond donors (Lipinski definition) is 1. The van der Waals surface area contributed by atoms with Crippen LogP contribution >= 0.6 is 11.6 Å². The van der Waals surface area contributed by atoms with Crippen molar-refractivity contribution in [1.82, 2.24) is 9.29 Å². The first-order valence-electron chi connectivity index (χ1n) is 6.30. The molecule has 1 saturated heterocycles. The molecule has 2 heterocycles. The number of hydrogen-bond acceptors (Lipinski definition) is 5. The van der Waals surface area contributed by atoms with E-state index in [1.54, 1.807) is 7.11 Å². The third-order valence-electron chi connectivity index (χ3n) is 3.64. The first-order valence-corrected chi connectivity index (χ1v) is 8.12. The number of nitrogens with two attached hydrogens (primary N) is 1. The average Bonchev–Trinajstić information content (AvgIpc) is 2.42.